The number of para-hydroxylation sites is 1. The van der Waals surface area contributed by atoms with E-state index in [0.29, 0.717) is 0 Å². The van der Waals surface area contributed by atoms with E-state index in [2.05, 4.69) is 17.4 Å². The van der Waals surface area contributed by atoms with E-state index in [0.717, 1.165) is 31.9 Å². The molecule has 0 aliphatic heterocycles. The molecule has 0 radical (unpaired) electrons. The topological polar surface area (TPSA) is 30.5 Å². The van der Waals surface area contributed by atoms with Crippen LogP contribution in [-0.2, 0) is 11.2 Å². The zero-order valence-corrected chi connectivity index (χ0v) is 10.9. The van der Waals surface area contributed by atoms with Crippen LogP contribution in [0.4, 0.5) is 0 Å². The van der Waals surface area contributed by atoms with Crippen molar-refractivity contribution >= 4 is 0 Å². The van der Waals surface area contributed by atoms with Gasteiger partial charge >= 0.3 is 0 Å². The van der Waals surface area contributed by atoms with Crippen molar-refractivity contribution in [2.24, 2.45) is 0 Å². The maximum atomic E-state index is 5.32. The Hall–Kier alpha value is -1.06. The highest BCUT2D eigenvalue weighted by molar-refractivity contribution is 5.33. The molecule has 0 saturated carbocycles. The first-order valence-electron chi connectivity index (χ1n) is 6.20. The van der Waals surface area contributed by atoms with Gasteiger partial charge in [0.05, 0.1) is 13.7 Å². The SMILES string of the molecule is COCCNCCCCc1ccccc1OC. The number of unbranched alkanes of at least 4 members (excludes halogenated alkanes) is 1. The molecule has 0 aliphatic rings. The van der Waals surface area contributed by atoms with E-state index >= 15 is 0 Å². The fourth-order valence-corrected chi connectivity index (χ4v) is 1.77. The molecule has 0 atom stereocenters. The molecular weight excluding hydrogens is 214 g/mol. The van der Waals surface area contributed by atoms with Gasteiger partial charge in [0.2, 0.25) is 0 Å². The largest absolute Gasteiger partial charge is 0.496 e. The Morgan fingerprint density at radius 1 is 1.06 bits per heavy atom. The van der Waals surface area contributed by atoms with Gasteiger partial charge in [-0.3, -0.25) is 0 Å². The number of hydrogen-bond donors (Lipinski definition) is 1. The molecule has 3 heteroatoms. The first-order chi connectivity index (χ1) is 8.38. The van der Waals surface area contributed by atoms with Crippen LogP contribution in [0.25, 0.3) is 0 Å². The molecule has 1 aromatic carbocycles. The molecule has 0 unspecified atom stereocenters. The van der Waals surface area contributed by atoms with Crippen molar-refractivity contribution in [1.82, 2.24) is 5.32 Å². The summed E-state index contributed by atoms with van der Waals surface area (Å²) in [5.74, 6) is 1.000. The zero-order chi connectivity index (χ0) is 12.3. The number of benzene rings is 1. The minimum Gasteiger partial charge on any atom is -0.496 e. The van der Waals surface area contributed by atoms with Crippen molar-refractivity contribution in [2.75, 3.05) is 33.9 Å². The minimum atomic E-state index is 0.784. The fraction of sp³-hybridized carbons (Fsp3) is 0.571. The first-order valence-corrected chi connectivity index (χ1v) is 6.20. The molecule has 17 heavy (non-hydrogen) atoms. The molecule has 1 aromatic rings. The molecule has 0 aromatic heterocycles. The van der Waals surface area contributed by atoms with Crippen molar-refractivity contribution < 1.29 is 9.47 Å². The van der Waals surface area contributed by atoms with Gasteiger partial charge in [-0.2, -0.15) is 0 Å². The second-order valence-corrected chi connectivity index (χ2v) is 4.01. The van der Waals surface area contributed by atoms with E-state index in [1.807, 2.05) is 12.1 Å². The lowest BCUT2D eigenvalue weighted by atomic mass is 10.1. The van der Waals surface area contributed by atoms with Crippen molar-refractivity contribution in [3.8, 4) is 5.75 Å². The molecule has 0 fully saturated rings. The Labute approximate surface area is 104 Å². The van der Waals surface area contributed by atoms with Gasteiger partial charge in [0.1, 0.15) is 5.75 Å². The lowest BCUT2D eigenvalue weighted by Crippen LogP contribution is -2.20. The summed E-state index contributed by atoms with van der Waals surface area (Å²) in [5.41, 5.74) is 1.30. The van der Waals surface area contributed by atoms with E-state index in [1.54, 1.807) is 14.2 Å². The molecule has 1 rings (SSSR count). The van der Waals surface area contributed by atoms with Crippen LogP contribution in [0.2, 0.25) is 0 Å². The molecular formula is C14H23NO2. The van der Waals surface area contributed by atoms with E-state index in [9.17, 15) is 0 Å². The smallest absolute Gasteiger partial charge is 0.122 e. The number of rotatable bonds is 9. The van der Waals surface area contributed by atoms with Crippen LogP contribution < -0.4 is 10.1 Å². The third-order valence-corrected chi connectivity index (χ3v) is 2.73. The van der Waals surface area contributed by atoms with Crippen molar-refractivity contribution in [3.63, 3.8) is 0 Å². The third kappa shape index (κ3) is 5.71. The molecule has 0 saturated heterocycles. The fourth-order valence-electron chi connectivity index (χ4n) is 1.77. The van der Waals surface area contributed by atoms with E-state index in [1.165, 1.54) is 18.4 Å². The normalized spacial score (nSPS) is 10.5. The van der Waals surface area contributed by atoms with Gasteiger partial charge in [-0.05, 0) is 37.4 Å². The summed E-state index contributed by atoms with van der Waals surface area (Å²) in [6, 6.07) is 8.23. The van der Waals surface area contributed by atoms with Gasteiger partial charge in [0, 0.05) is 13.7 Å². The lowest BCUT2D eigenvalue weighted by molar-refractivity contribution is 0.199. The van der Waals surface area contributed by atoms with Gasteiger partial charge in [-0.1, -0.05) is 18.2 Å². The summed E-state index contributed by atoms with van der Waals surface area (Å²) in [5, 5.41) is 3.34. The van der Waals surface area contributed by atoms with Crippen LogP contribution in [0.3, 0.4) is 0 Å². The maximum Gasteiger partial charge on any atom is 0.122 e. The van der Waals surface area contributed by atoms with Crippen LogP contribution in [-0.4, -0.2) is 33.9 Å². The van der Waals surface area contributed by atoms with Gasteiger partial charge in [0.25, 0.3) is 0 Å². The maximum absolute atomic E-state index is 5.32. The summed E-state index contributed by atoms with van der Waals surface area (Å²) < 4.78 is 10.3. The summed E-state index contributed by atoms with van der Waals surface area (Å²) >= 11 is 0. The first kappa shape index (κ1) is 14.0. The van der Waals surface area contributed by atoms with Crippen LogP contribution >= 0.6 is 0 Å². The highest BCUT2D eigenvalue weighted by Crippen LogP contribution is 2.19. The molecule has 0 bridgehead atoms. The molecule has 0 heterocycles. The monoisotopic (exact) mass is 237 g/mol. The summed E-state index contributed by atoms with van der Waals surface area (Å²) in [6.45, 7) is 2.77. The standard InChI is InChI=1S/C14H23NO2/c1-16-12-11-15-10-6-5-8-13-7-3-4-9-14(13)17-2/h3-4,7,9,15H,5-6,8,10-12H2,1-2H3. The number of methoxy groups -OCH3 is 2. The third-order valence-electron chi connectivity index (χ3n) is 2.73. The molecule has 0 amide bonds. The van der Waals surface area contributed by atoms with E-state index in [-0.39, 0.29) is 0 Å². The molecule has 0 spiro atoms. The van der Waals surface area contributed by atoms with E-state index < -0.39 is 0 Å². The Morgan fingerprint density at radius 2 is 1.88 bits per heavy atom. The molecule has 96 valence electrons. The predicted molar refractivity (Wildman–Crippen MR) is 70.7 cm³/mol. The number of aryl methyl sites for hydroxylation is 1. The van der Waals surface area contributed by atoms with Crippen LogP contribution in [0.1, 0.15) is 18.4 Å². The predicted octanol–water partition coefficient (Wildman–Crippen LogP) is 2.25. The van der Waals surface area contributed by atoms with Gasteiger partial charge < -0.3 is 14.8 Å². The van der Waals surface area contributed by atoms with Crippen molar-refractivity contribution in [3.05, 3.63) is 29.8 Å². The second-order valence-electron chi connectivity index (χ2n) is 4.01. The van der Waals surface area contributed by atoms with Crippen LogP contribution in [0.15, 0.2) is 24.3 Å². The summed E-state index contributed by atoms with van der Waals surface area (Å²) in [7, 11) is 3.45. The van der Waals surface area contributed by atoms with Crippen molar-refractivity contribution in [2.45, 2.75) is 19.3 Å². The Balaban J connectivity index is 2.13. The quantitative estimate of drug-likeness (QED) is 0.668. The average molecular weight is 237 g/mol. The summed E-state index contributed by atoms with van der Waals surface area (Å²) in [4.78, 5) is 0. The lowest BCUT2D eigenvalue weighted by Gasteiger charge is -2.08. The van der Waals surface area contributed by atoms with Crippen LogP contribution in [0.5, 0.6) is 5.75 Å². The molecule has 3 nitrogen and oxygen atoms in total. The second kappa shape index (κ2) is 9.02. The van der Waals surface area contributed by atoms with E-state index in [4.69, 9.17) is 9.47 Å². The zero-order valence-electron chi connectivity index (χ0n) is 10.9. The molecule has 0 aliphatic carbocycles. The average Bonchev–Trinajstić information content (AvgIpc) is 2.38. The number of nitrogens with one attached hydrogen (secondary N) is 1. The highest BCUT2D eigenvalue weighted by atomic mass is 16.5. The number of hydrogen-bond acceptors (Lipinski definition) is 3. The van der Waals surface area contributed by atoms with Gasteiger partial charge in [0.15, 0.2) is 0 Å². The Kier molecular flexibility index (Phi) is 7.43. The van der Waals surface area contributed by atoms with Gasteiger partial charge in [-0.15, -0.1) is 0 Å². The Morgan fingerprint density at radius 3 is 2.65 bits per heavy atom. The minimum absolute atomic E-state index is 0.784. The highest BCUT2D eigenvalue weighted by Gasteiger charge is 2.00. The Bertz CT molecular complexity index is 302. The molecule has 1 N–H and O–H groups in total. The van der Waals surface area contributed by atoms with Crippen molar-refractivity contribution in [1.29, 1.82) is 0 Å². The van der Waals surface area contributed by atoms with Gasteiger partial charge in [-0.25, -0.2) is 0 Å². The summed E-state index contributed by atoms with van der Waals surface area (Å²) in [6.07, 6.45) is 3.44. The number of ether oxygens (including phenoxy) is 2. The van der Waals surface area contributed by atoms with Crippen LogP contribution in [0, 0.1) is 0 Å².